The largest absolute Gasteiger partial charge is 0.424 e. The summed E-state index contributed by atoms with van der Waals surface area (Å²) < 4.78 is 19.1. The Bertz CT molecular complexity index is 572. The van der Waals surface area contributed by atoms with E-state index in [0.717, 1.165) is 0 Å². The number of benzene rings is 1. The Labute approximate surface area is 122 Å². The van der Waals surface area contributed by atoms with Gasteiger partial charge in [0, 0.05) is 16.1 Å². The van der Waals surface area contributed by atoms with Gasteiger partial charge in [-0.25, -0.2) is 4.39 Å². The summed E-state index contributed by atoms with van der Waals surface area (Å²) in [5.74, 6) is 0.454. The van der Waals surface area contributed by atoms with Crippen LogP contribution in [0.2, 0.25) is 5.02 Å². The van der Waals surface area contributed by atoms with Crippen molar-refractivity contribution in [3.05, 3.63) is 46.4 Å². The van der Waals surface area contributed by atoms with Crippen molar-refractivity contribution in [2.75, 3.05) is 0 Å². The first-order valence-corrected chi connectivity index (χ1v) is 6.72. The van der Waals surface area contributed by atoms with E-state index in [1.54, 1.807) is 12.1 Å². The van der Waals surface area contributed by atoms with Gasteiger partial charge < -0.3 is 9.73 Å². The third-order valence-corrected chi connectivity index (χ3v) is 3.02. The lowest BCUT2D eigenvalue weighted by Crippen LogP contribution is -2.35. The molecule has 1 N–H and O–H groups in total. The molecule has 2 rings (SSSR count). The standard InChI is InChI=1S/C14H17ClFN3O/c1-14(2,3)17-8-13-19-18-12(20-13)7-9-10(15)5-4-6-11(9)16/h4-6,17H,7-8H2,1-3H3. The van der Waals surface area contributed by atoms with Crippen molar-refractivity contribution in [3.63, 3.8) is 0 Å². The van der Waals surface area contributed by atoms with E-state index in [4.69, 9.17) is 16.0 Å². The van der Waals surface area contributed by atoms with Crippen LogP contribution in [0.5, 0.6) is 0 Å². The van der Waals surface area contributed by atoms with Crippen LogP contribution >= 0.6 is 11.6 Å². The van der Waals surface area contributed by atoms with Crippen LogP contribution in [0.4, 0.5) is 4.39 Å². The SMILES string of the molecule is CC(C)(C)NCc1nnc(Cc2c(F)cccc2Cl)o1. The Hall–Kier alpha value is -1.46. The lowest BCUT2D eigenvalue weighted by molar-refractivity contribution is 0.372. The van der Waals surface area contributed by atoms with Gasteiger partial charge in [-0.2, -0.15) is 0 Å². The van der Waals surface area contributed by atoms with Gasteiger partial charge in [0.15, 0.2) is 0 Å². The number of halogens is 2. The molecule has 0 bridgehead atoms. The van der Waals surface area contributed by atoms with Crippen molar-refractivity contribution in [2.45, 2.75) is 39.3 Å². The van der Waals surface area contributed by atoms with Gasteiger partial charge in [-0.05, 0) is 32.9 Å². The topological polar surface area (TPSA) is 51.0 Å². The second-order valence-corrected chi connectivity index (χ2v) is 5.98. The summed E-state index contributed by atoms with van der Waals surface area (Å²) in [5, 5.41) is 11.4. The van der Waals surface area contributed by atoms with Gasteiger partial charge in [-0.15, -0.1) is 10.2 Å². The van der Waals surface area contributed by atoms with Gasteiger partial charge in [0.2, 0.25) is 11.8 Å². The number of nitrogens with one attached hydrogen (secondary N) is 1. The molecule has 6 heteroatoms. The average molecular weight is 298 g/mol. The highest BCUT2D eigenvalue weighted by Crippen LogP contribution is 2.21. The predicted octanol–water partition coefficient (Wildman–Crippen LogP) is 3.34. The van der Waals surface area contributed by atoms with Crippen molar-refractivity contribution >= 4 is 11.6 Å². The molecule has 0 aliphatic heterocycles. The Balaban J connectivity index is 2.06. The Morgan fingerprint density at radius 2 is 1.95 bits per heavy atom. The normalized spacial score (nSPS) is 11.8. The molecular weight excluding hydrogens is 281 g/mol. The fourth-order valence-electron chi connectivity index (χ4n) is 1.62. The van der Waals surface area contributed by atoms with Gasteiger partial charge in [-0.3, -0.25) is 0 Å². The molecule has 1 aromatic carbocycles. The summed E-state index contributed by atoms with van der Waals surface area (Å²) >= 11 is 5.97. The van der Waals surface area contributed by atoms with Crippen LogP contribution in [0, 0.1) is 5.82 Å². The monoisotopic (exact) mass is 297 g/mol. The molecule has 0 saturated heterocycles. The first-order valence-electron chi connectivity index (χ1n) is 6.34. The molecule has 0 saturated carbocycles. The third kappa shape index (κ3) is 4.02. The van der Waals surface area contributed by atoms with E-state index in [0.29, 0.717) is 28.9 Å². The zero-order valence-electron chi connectivity index (χ0n) is 11.7. The summed E-state index contributed by atoms with van der Waals surface area (Å²) in [6.45, 7) is 6.61. The third-order valence-electron chi connectivity index (χ3n) is 2.67. The van der Waals surface area contributed by atoms with Gasteiger partial charge in [0.1, 0.15) is 5.82 Å². The van der Waals surface area contributed by atoms with Crippen molar-refractivity contribution in [3.8, 4) is 0 Å². The molecule has 0 aliphatic rings. The maximum atomic E-state index is 13.7. The van der Waals surface area contributed by atoms with Crippen LogP contribution in [0.25, 0.3) is 0 Å². The molecule has 2 aromatic rings. The second kappa shape index (κ2) is 5.89. The zero-order valence-corrected chi connectivity index (χ0v) is 12.5. The lowest BCUT2D eigenvalue weighted by atomic mass is 10.1. The van der Waals surface area contributed by atoms with Crippen molar-refractivity contribution in [1.82, 2.24) is 15.5 Å². The van der Waals surface area contributed by atoms with Crippen LogP contribution in [-0.2, 0) is 13.0 Å². The van der Waals surface area contributed by atoms with Crippen LogP contribution in [0.1, 0.15) is 38.1 Å². The van der Waals surface area contributed by atoms with E-state index in [1.165, 1.54) is 6.07 Å². The molecule has 0 atom stereocenters. The first kappa shape index (κ1) is 14.9. The second-order valence-electron chi connectivity index (χ2n) is 5.57. The van der Waals surface area contributed by atoms with E-state index in [1.807, 2.05) is 20.8 Å². The Morgan fingerprint density at radius 1 is 1.25 bits per heavy atom. The minimum atomic E-state index is -0.370. The summed E-state index contributed by atoms with van der Waals surface area (Å²) in [6, 6.07) is 4.56. The van der Waals surface area contributed by atoms with Crippen LogP contribution in [0.3, 0.4) is 0 Å². The van der Waals surface area contributed by atoms with E-state index in [-0.39, 0.29) is 17.8 Å². The minimum absolute atomic E-state index is 0.0382. The molecule has 1 aromatic heterocycles. The fourth-order valence-corrected chi connectivity index (χ4v) is 1.85. The van der Waals surface area contributed by atoms with Crippen molar-refractivity contribution in [2.24, 2.45) is 0 Å². The van der Waals surface area contributed by atoms with Gasteiger partial charge >= 0.3 is 0 Å². The highest BCUT2D eigenvalue weighted by molar-refractivity contribution is 6.31. The predicted molar refractivity (Wildman–Crippen MR) is 75.1 cm³/mol. The van der Waals surface area contributed by atoms with Crippen LogP contribution < -0.4 is 5.32 Å². The van der Waals surface area contributed by atoms with E-state index in [9.17, 15) is 4.39 Å². The summed E-state index contributed by atoms with van der Waals surface area (Å²) in [6.07, 6.45) is 0.189. The molecule has 4 nitrogen and oxygen atoms in total. The molecule has 108 valence electrons. The van der Waals surface area contributed by atoms with Crippen molar-refractivity contribution < 1.29 is 8.81 Å². The Morgan fingerprint density at radius 3 is 2.60 bits per heavy atom. The Kier molecular flexibility index (Phi) is 4.40. The van der Waals surface area contributed by atoms with Crippen molar-refractivity contribution in [1.29, 1.82) is 0 Å². The molecule has 0 radical (unpaired) electrons. The fraction of sp³-hybridized carbons (Fsp3) is 0.429. The lowest BCUT2D eigenvalue weighted by Gasteiger charge is -2.18. The first-order chi connectivity index (χ1) is 9.35. The highest BCUT2D eigenvalue weighted by atomic mass is 35.5. The molecular formula is C14H17ClFN3O. The minimum Gasteiger partial charge on any atom is -0.424 e. The molecule has 0 unspecified atom stereocenters. The van der Waals surface area contributed by atoms with Crippen LogP contribution in [-0.4, -0.2) is 15.7 Å². The summed E-state index contributed by atoms with van der Waals surface area (Å²) in [4.78, 5) is 0. The molecule has 0 amide bonds. The molecule has 20 heavy (non-hydrogen) atoms. The maximum absolute atomic E-state index is 13.7. The number of rotatable bonds is 4. The van der Waals surface area contributed by atoms with Crippen LogP contribution in [0.15, 0.2) is 22.6 Å². The number of nitrogens with zero attached hydrogens (tertiary/aromatic N) is 2. The van der Waals surface area contributed by atoms with E-state index in [2.05, 4.69) is 15.5 Å². The van der Waals surface area contributed by atoms with Gasteiger partial charge in [0.05, 0.1) is 13.0 Å². The highest BCUT2D eigenvalue weighted by Gasteiger charge is 2.14. The van der Waals surface area contributed by atoms with E-state index >= 15 is 0 Å². The molecule has 1 heterocycles. The zero-order chi connectivity index (χ0) is 14.8. The summed E-state index contributed by atoms with van der Waals surface area (Å²) in [7, 11) is 0. The van der Waals surface area contributed by atoms with E-state index < -0.39 is 0 Å². The quantitative estimate of drug-likeness (QED) is 0.940. The molecule has 0 fully saturated rings. The number of aromatic nitrogens is 2. The molecule has 0 aliphatic carbocycles. The van der Waals surface area contributed by atoms with Gasteiger partial charge in [-0.1, -0.05) is 17.7 Å². The summed E-state index contributed by atoms with van der Waals surface area (Å²) in [5.41, 5.74) is 0.330. The average Bonchev–Trinajstić information content (AvgIpc) is 2.79. The maximum Gasteiger partial charge on any atom is 0.230 e. The van der Waals surface area contributed by atoms with Gasteiger partial charge in [0.25, 0.3) is 0 Å². The number of hydrogen-bond donors (Lipinski definition) is 1. The smallest absolute Gasteiger partial charge is 0.230 e. The number of hydrogen-bond acceptors (Lipinski definition) is 4. The molecule has 0 spiro atoms.